The van der Waals surface area contributed by atoms with Crippen LogP contribution in [0.25, 0.3) is 0 Å². The van der Waals surface area contributed by atoms with Crippen molar-refractivity contribution in [3.63, 3.8) is 0 Å². The van der Waals surface area contributed by atoms with E-state index < -0.39 is 0 Å². The molecule has 0 aromatic heterocycles. The highest BCUT2D eigenvalue weighted by molar-refractivity contribution is 5.74. The first-order valence-electron chi connectivity index (χ1n) is 6.93. The van der Waals surface area contributed by atoms with E-state index in [2.05, 4.69) is 17.1 Å². The van der Waals surface area contributed by atoms with Crippen LogP contribution in [0.3, 0.4) is 0 Å². The molecule has 0 aromatic carbocycles. The number of hydrogen-bond donors (Lipinski definition) is 1. The maximum Gasteiger partial charge on any atom is 0.319 e. The van der Waals surface area contributed by atoms with Crippen LogP contribution < -0.4 is 5.32 Å². The molecule has 17 heavy (non-hydrogen) atoms. The summed E-state index contributed by atoms with van der Waals surface area (Å²) in [5.74, 6) is 0. The highest BCUT2D eigenvalue weighted by atomic mass is 16.2. The normalized spacial score (nSPS) is 31.4. The molecule has 98 valence electrons. The van der Waals surface area contributed by atoms with Gasteiger partial charge in [-0.2, -0.15) is 0 Å². The fourth-order valence-corrected chi connectivity index (χ4v) is 3.19. The molecule has 2 amide bonds. The van der Waals surface area contributed by atoms with Crippen LogP contribution >= 0.6 is 0 Å². The average molecular weight is 239 g/mol. The molecular weight excluding hydrogens is 214 g/mol. The van der Waals surface area contributed by atoms with Crippen molar-refractivity contribution < 1.29 is 4.79 Å². The van der Waals surface area contributed by atoms with Crippen molar-refractivity contribution >= 4 is 6.03 Å². The minimum atomic E-state index is 0.196. The van der Waals surface area contributed by atoms with Crippen LogP contribution in [-0.4, -0.2) is 54.1 Å². The lowest BCUT2D eigenvalue weighted by atomic mass is 9.98. The second-order valence-electron chi connectivity index (χ2n) is 5.35. The summed E-state index contributed by atoms with van der Waals surface area (Å²) in [7, 11) is 1.89. The van der Waals surface area contributed by atoms with Crippen molar-refractivity contribution in [2.24, 2.45) is 0 Å². The molecule has 2 saturated heterocycles. The summed E-state index contributed by atoms with van der Waals surface area (Å²) in [5.41, 5.74) is 0. The highest BCUT2D eigenvalue weighted by Gasteiger charge is 2.37. The number of nitrogens with zero attached hydrogens (tertiary/aromatic N) is 2. The molecule has 0 radical (unpaired) electrons. The Labute approximate surface area is 104 Å². The molecule has 2 aliphatic heterocycles. The molecule has 2 atom stereocenters. The second kappa shape index (κ2) is 5.25. The molecule has 2 bridgehead atoms. The number of amides is 2. The van der Waals surface area contributed by atoms with Gasteiger partial charge in [0.1, 0.15) is 0 Å². The highest BCUT2D eigenvalue weighted by Crippen LogP contribution is 2.30. The van der Waals surface area contributed by atoms with Crippen LogP contribution in [0.1, 0.15) is 39.5 Å². The van der Waals surface area contributed by atoms with Gasteiger partial charge in [-0.05, 0) is 39.5 Å². The largest absolute Gasteiger partial charge is 0.328 e. The molecule has 0 spiro atoms. The Hall–Kier alpha value is -0.770. The molecule has 0 saturated carbocycles. The number of carbonyl (C=O) groups excluding carboxylic acids is 1. The van der Waals surface area contributed by atoms with Gasteiger partial charge in [-0.25, -0.2) is 4.79 Å². The maximum absolute atomic E-state index is 12.3. The van der Waals surface area contributed by atoms with Crippen molar-refractivity contribution in [3.8, 4) is 0 Å². The van der Waals surface area contributed by atoms with Gasteiger partial charge in [0.15, 0.2) is 0 Å². The van der Waals surface area contributed by atoms with E-state index in [1.165, 1.54) is 12.8 Å². The van der Waals surface area contributed by atoms with E-state index in [4.69, 9.17) is 0 Å². The molecule has 4 nitrogen and oxygen atoms in total. The van der Waals surface area contributed by atoms with Crippen molar-refractivity contribution in [2.45, 2.75) is 57.7 Å². The van der Waals surface area contributed by atoms with Gasteiger partial charge in [0, 0.05) is 38.3 Å². The fraction of sp³-hybridized carbons (Fsp3) is 0.923. The minimum absolute atomic E-state index is 0.196. The molecular formula is C13H25N3O. The summed E-state index contributed by atoms with van der Waals surface area (Å²) in [6, 6.07) is 1.93. The van der Waals surface area contributed by atoms with Gasteiger partial charge in [0.25, 0.3) is 0 Å². The van der Waals surface area contributed by atoms with Crippen molar-refractivity contribution in [2.75, 3.05) is 20.1 Å². The lowest BCUT2D eigenvalue weighted by molar-refractivity contribution is 0.125. The van der Waals surface area contributed by atoms with Crippen molar-refractivity contribution in [1.29, 1.82) is 0 Å². The summed E-state index contributed by atoms with van der Waals surface area (Å²) < 4.78 is 0. The van der Waals surface area contributed by atoms with Gasteiger partial charge >= 0.3 is 6.03 Å². The van der Waals surface area contributed by atoms with Gasteiger partial charge in [-0.1, -0.05) is 0 Å². The smallest absolute Gasteiger partial charge is 0.319 e. The van der Waals surface area contributed by atoms with E-state index in [1.807, 2.05) is 18.9 Å². The lowest BCUT2D eigenvalue weighted by Gasteiger charge is -2.38. The second-order valence-corrected chi connectivity index (χ2v) is 5.35. The van der Waals surface area contributed by atoms with E-state index in [0.717, 1.165) is 25.9 Å². The lowest BCUT2D eigenvalue weighted by Crippen LogP contribution is -2.53. The third-order valence-electron chi connectivity index (χ3n) is 4.28. The quantitative estimate of drug-likeness (QED) is 0.813. The molecule has 2 rings (SSSR count). The minimum Gasteiger partial charge on any atom is -0.328 e. The molecule has 0 aliphatic carbocycles. The zero-order valence-corrected chi connectivity index (χ0v) is 11.3. The van der Waals surface area contributed by atoms with Crippen LogP contribution in [0, 0.1) is 0 Å². The summed E-state index contributed by atoms with van der Waals surface area (Å²) in [6.45, 7) is 5.73. The molecule has 2 unspecified atom stereocenters. The Bertz CT molecular complexity index is 270. The van der Waals surface area contributed by atoms with Gasteiger partial charge in [0.05, 0.1) is 0 Å². The number of urea groups is 1. The average Bonchev–Trinajstić information content (AvgIpc) is 2.68. The Morgan fingerprint density at radius 1 is 1.18 bits per heavy atom. The van der Waals surface area contributed by atoms with Gasteiger partial charge in [0.2, 0.25) is 0 Å². The predicted molar refractivity (Wildman–Crippen MR) is 69.0 cm³/mol. The van der Waals surface area contributed by atoms with Gasteiger partial charge in [-0.15, -0.1) is 0 Å². The topological polar surface area (TPSA) is 35.6 Å². The summed E-state index contributed by atoms with van der Waals surface area (Å²) >= 11 is 0. The zero-order valence-electron chi connectivity index (χ0n) is 11.3. The van der Waals surface area contributed by atoms with Crippen LogP contribution in [0.15, 0.2) is 0 Å². The van der Waals surface area contributed by atoms with Crippen molar-refractivity contribution in [3.05, 3.63) is 0 Å². The third-order valence-corrected chi connectivity index (χ3v) is 4.28. The first kappa shape index (κ1) is 12.7. The number of carbonyl (C=O) groups is 1. The molecule has 0 aromatic rings. The fourth-order valence-electron chi connectivity index (χ4n) is 3.19. The summed E-state index contributed by atoms with van der Waals surface area (Å²) in [4.78, 5) is 16.1. The van der Waals surface area contributed by atoms with E-state index >= 15 is 0 Å². The Balaban J connectivity index is 2.00. The van der Waals surface area contributed by atoms with Crippen LogP contribution in [0.2, 0.25) is 0 Å². The number of piperidine rings is 1. The summed E-state index contributed by atoms with van der Waals surface area (Å²) in [5, 5.41) is 3.63. The van der Waals surface area contributed by atoms with Crippen LogP contribution in [-0.2, 0) is 0 Å². The molecule has 1 N–H and O–H groups in total. The monoisotopic (exact) mass is 239 g/mol. The molecule has 2 fully saturated rings. The van der Waals surface area contributed by atoms with E-state index in [9.17, 15) is 4.79 Å². The van der Waals surface area contributed by atoms with Crippen LogP contribution in [0.4, 0.5) is 4.79 Å². The summed E-state index contributed by atoms with van der Waals surface area (Å²) in [6.07, 6.45) is 4.84. The Morgan fingerprint density at radius 2 is 1.76 bits per heavy atom. The predicted octanol–water partition coefficient (Wildman–Crippen LogP) is 1.66. The van der Waals surface area contributed by atoms with Crippen LogP contribution in [0.5, 0.6) is 0 Å². The van der Waals surface area contributed by atoms with Gasteiger partial charge in [-0.3, -0.25) is 0 Å². The Morgan fingerprint density at radius 3 is 2.24 bits per heavy atom. The third kappa shape index (κ3) is 2.57. The van der Waals surface area contributed by atoms with Crippen molar-refractivity contribution in [1.82, 2.24) is 15.1 Å². The van der Waals surface area contributed by atoms with E-state index in [0.29, 0.717) is 18.1 Å². The first-order valence-corrected chi connectivity index (χ1v) is 6.93. The zero-order chi connectivity index (χ0) is 12.4. The van der Waals surface area contributed by atoms with Gasteiger partial charge < -0.3 is 15.1 Å². The number of rotatable bonds is 3. The maximum atomic E-state index is 12.3. The number of fused-ring (bicyclic) bond motifs is 2. The number of nitrogens with one attached hydrogen (secondary N) is 1. The Kier molecular flexibility index (Phi) is 3.92. The molecule has 2 heterocycles. The van der Waals surface area contributed by atoms with E-state index in [1.54, 1.807) is 0 Å². The molecule has 2 aliphatic rings. The van der Waals surface area contributed by atoms with E-state index in [-0.39, 0.29) is 6.03 Å². The molecule has 4 heteroatoms. The first-order chi connectivity index (χ1) is 8.15. The number of hydrogen-bond acceptors (Lipinski definition) is 2. The SMILES string of the molecule is CCN(C)C(=O)N(CC)C1CC2CCC(C1)N2. The standard InChI is InChI=1S/C13H25N3O/c1-4-15(3)13(17)16(5-2)12-8-10-6-7-11(9-12)14-10/h10-12,14H,4-9H2,1-3H3.